The number of nitrogens with zero attached hydrogens (tertiary/aromatic N) is 3. The van der Waals surface area contributed by atoms with Crippen molar-refractivity contribution in [3.05, 3.63) is 12.3 Å². The van der Waals surface area contributed by atoms with Gasteiger partial charge in [-0.15, -0.1) is 0 Å². The molecule has 1 aromatic rings. The fourth-order valence-corrected chi connectivity index (χ4v) is 2.18. The molecular weight excluding hydrogens is 223 g/mol. The molecule has 1 aliphatic rings. The fraction of sp³-hybridized carbons (Fsp3) is 0.636. The van der Waals surface area contributed by atoms with E-state index in [1.165, 1.54) is 7.11 Å². The number of methoxy groups -OCH3 is 1. The van der Waals surface area contributed by atoms with Crippen LogP contribution >= 0.6 is 0 Å². The first-order chi connectivity index (χ1) is 8.03. The number of nitrogens with two attached hydrogens (primary N) is 1. The number of halogens is 1. The number of piperidine rings is 1. The number of aromatic nitrogens is 2. The van der Waals surface area contributed by atoms with E-state index in [9.17, 15) is 4.39 Å². The van der Waals surface area contributed by atoms with E-state index < -0.39 is 5.67 Å². The lowest BCUT2D eigenvalue weighted by Crippen LogP contribution is -2.53. The third kappa shape index (κ3) is 2.46. The Balaban J connectivity index is 2.15. The van der Waals surface area contributed by atoms with E-state index in [4.69, 9.17) is 10.5 Å². The molecule has 2 unspecified atom stereocenters. The lowest BCUT2D eigenvalue weighted by Gasteiger charge is -2.40. The molecule has 0 radical (unpaired) electrons. The number of hydrogen-bond acceptors (Lipinski definition) is 5. The van der Waals surface area contributed by atoms with Crippen molar-refractivity contribution in [1.29, 1.82) is 0 Å². The molecule has 0 aromatic carbocycles. The second kappa shape index (κ2) is 4.44. The van der Waals surface area contributed by atoms with Gasteiger partial charge in [0.05, 0.1) is 12.6 Å². The van der Waals surface area contributed by atoms with Crippen molar-refractivity contribution in [2.75, 3.05) is 30.8 Å². The second-order valence-electron chi connectivity index (χ2n) is 4.49. The lowest BCUT2D eigenvalue weighted by molar-refractivity contribution is -0.0381. The van der Waals surface area contributed by atoms with E-state index in [2.05, 4.69) is 9.97 Å². The SMILES string of the molecule is COC1CCN(c2nccc(N)n2)CC1(C)F. The zero-order chi connectivity index (χ0) is 12.5. The molecule has 1 aromatic heterocycles. The smallest absolute Gasteiger partial charge is 0.227 e. The molecule has 17 heavy (non-hydrogen) atoms. The zero-order valence-corrected chi connectivity index (χ0v) is 10.1. The first kappa shape index (κ1) is 12.0. The summed E-state index contributed by atoms with van der Waals surface area (Å²) >= 11 is 0. The van der Waals surface area contributed by atoms with Crippen molar-refractivity contribution in [3.63, 3.8) is 0 Å². The van der Waals surface area contributed by atoms with Gasteiger partial charge in [-0.25, -0.2) is 9.37 Å². The predicted molar refractivity (Wildman–Crippen MR) is 63.6 cm³/mol. The van der Waals surface area contributed by atoms with Crippen LogP contribution in [0.1, 0.15) is 13.3 Å². The largest absolute Gasteiger partial charge is 0.384 e. The van der Waals surface area contributed by atoms with Crippen LogP contribution in [0.4, 0.5) is 16.2 Å². The van der Waals surface area contributed by atoms with Crippen LogP contribution in [0.25, 0.3) is 0 Å². The minimum Gasteiger partial charge on any atom is -0.384 e. The molecule has 0 spiro atoms. The Bertz CT molecular complexity index is 399. The summed E-state index contributed by atoms with van der Waals surface area (Å²) < 4.78 is 19.5. The van der Waals surface area contributed by atoms with Crippen molar-refractivity contribution < 1.29 is 9.13 Å². The van der Waals surface area contributed by atoms with E-state index >= 15 is 0 Å². The quantitative estimate of drug-likeness (QED) is 0.836. The van der Waals surface area contributed by atoms with E-state index in [0.29, 0.717) is 24.7 Å². The molecular formula is C11H17FN4O. The highest BCUT2D eigenvalue weighted by Gasteiger charge is 2.41. The van der Waals surface area contributed by atoms with Crippen LogP contribution in [-0.2, 0) is 4.74 Å². The molecule has 6 heteroatoms. The summed E-state index contributed by atoms with van der Waals surface area (Å²) in [5.41, 5.74) is 4.19. The van der Waals surface area contributed by atoms with E-state index in [1.807, 2.05) is 0 Å². The summed E-state index contributed by atoms with van der Waals surface area (Å²) in [6.07, 6.45) is 1.82. The monoisotopic (exact) mass is 240 g/mol. The number of ether oxygens (including phenoxy) is 1. The molecule has 2 heterocycles. The van der Waals surface area contributed by atoms with Crippen molar-refractivity contribution in [1.82, 2.24) is 9.97 Å². The maximum absolute atomic E-state index is 14.3. The molecule has 0 amide bonds. The molecule has 2 N–H and O–H groups in total. The summed E-state index contributed by atoms with van der Waals surface area (Å²) in [5.74, 6) is 0.868. The van der Waals surface area contributed by atoms with Crippen LogP contribution in [-0.4, -0.2) is 41.9 Å². The van der Waals surface area contributed by atoms with Crippen LogP contribution < -0.4 is 10.6 Å². The first-order valence-corrected chi connectivity index (χ1v) is 5.58. The average molecular weight is 240 g/mol. The maximum Gasteiger partial charge on any atom is 0.227 e. The van der Waals surface area contributed by atoms with Crippen molar-refractivity contribution in [3.8, 4) is 0 Å². The van der Waals surface area contributed by atoms with Gasteiger partial charge in [0.2, 0.25) is 5.95 Å². The number of anilines is 2. The Morgan fingerprint density at radius 3 is 3.00 bits per heavy atom. The summed E-state index contributed by atoms with van der Waals surface area (Å²) in [6, 6.07) is 1.61. The van der Waals surface area contributed by atoms with Crippen LogP contribution in [0.15, 0.2) is 12.3 Å². The van der Waals surface area contributed by atoms with Gasteiger partial charge in [-0.05, 0) is 19.4 Å². The Morgan fingerprint density at radius 2 is 2.41 bits per heavy atom. The van der Waals surface area contributed by atoms with Gasteiger partial charge >= 0.3 is 0 Å². The molecule has 0 aliphatic carbocycles. The minimum absolute atomic E-state index is 0.217. The molecule has 1 saturated heterocycles. The van der Waals surface area contributed by atoms with Gasteiger partial charge < -0.3 is 15.4 Å². The van der Waals surface area contributed by atoms with E-state index in [1.54, 1.807) is 24.1 Å². The van der Waals surface area contributed by atoms with E-state index in [0.717, 1.165) is 0 Å². The minimum atomic E-state index is -1.40. The summed E-state index contributed by atoms with van der Waals surface area (Å²) in [6.45, 7) is 2.43. The Labute approximate surface area is 99.8 Å². The number of rotatable bonds is 2. The molecule has 1 fully saturated rings. The van der Waals surface area contributed by atoms with Gasteiger partial charge in [0.15, 0.2) is 5.67 Å². The molecule has 2 atom stereocenters. The van der Waals surface area contributed by atoms with Gasteiger partial charge in [0, 0.05) is 19.9 Å². The molecule has 2 rings (SSSR count). The summed E-state index contributed by atoms with van der Waals surface area (Å²) in [5, 5.41) is 0. The summed E-state index contributed by atoms with van der Waals surface area (Å²) in [4.78, 5) is 10.0. The van der Waals surface area contributed by atoms with Gasteiger partial charge in [0.1, 0.15) is 5.82 Å². The second-order valence-corrected chi connectivity index (χ2v) is 4.49. The predicted octanol–water partition coefficient (Wildman–Crippen LogP) is 1.01. The topological polar surface area (TPSA) is 64.3 Å². The van der Waals surface area contributed by atoms with Gasteiger partial charge in [0.25, 0.3) is 0 Å². The maximum atomic E-state index is 14.3. The fourth-order valence-electron chi connectivity index (χ4n) is 2.18. The van der Waals surface area contributed by atoms with Crippen LogP contribution in [0.5, 0.6) is 0 Å². The third-order valence-electron chi connectivity index (χ3n) is 3.06. The summed E-state index contributed by atoms with van der Waals surface area (Å²) in [7, 11) is 1.54. The van der Waals surface area contributed by atoms with Crippen LogP contribution in [0.2, 0.25) is 0 Å². The Hall–Kier alpha value is -1.43. The van der Waals surface area contributed by atoms with Crippen LogP contribution in [0.3, 0.4) is 0 Å². The van der Waals surface area contributed by atoms with Crippen LogP contribution in [0, 0.1) is 0 Å². The number of nitrogen functional groups attached to an aromatic ring is 1. The highest BCUT2D eigenvalue weighted by atomic mass is 19.1. The molecule has 0 saturated carbocycles. The number of alkyl halides is 1. The molecule has 0 bridgehead atoms. The van der Waals surface area contributed by atoms with Gasteiger partial charge in [-0.1, -0.05) is 0 Å². The molecule has 1 aliphatic heterocycles. The number of hydrogen-bond donors (Lipinski definition) is 1. The van der Waals surface area contributed by atoms with Crippen molar-refractivity contribution in [2.24, 2.45) is 0 Å². The van der Waals surface area contributed by atoms with Gasteiger partial charge in [-0.2, -0.15) is 4.98 Å². The highest BCUT2D eigenvalue weighted by Crippen LogP contribution is 2.29. The van der Waals surface area contributed by atoms with E-state index in [-0.39, 0.29) is 12.6 Å². The lowest BCUT2D eigenvalue weighted by atomic mass is 9.93. The molecule has 94 valence electrons. The highest BCUT2D eigenvalue weighted by molar-refractivity contribution is 5.38. The Morgan fingerprint density at radius 1 is 1.65 bits per heavy atom. The third-order valence-corrected chi connectivity index (χ3v) is 3.06. The standard InChI is InChI=1S/C11H17FN4O/c1-11(12)7-16(6-4-8(11)17-2)10-14-5-3-9(13)15-10/h3,5,8H,4,6-7H2,1-2H3,(H2,13,14,15). The van der Waals surface area contributed by atoms with Crippen molar-refractivity contribution in [2.45, 2.75) is 25.1 Å². The van der Waals surface area contributed by atoms with Gasteiger partial charge in [-0.3, -0.25) is 0 Å². The average Bonchev–Trinajstić information content (AvgIpc) is 2.27. The Kier molecular flexibility index (Phi) is 3.15. The zero-order valence-electron chi connectivity index (χ0n) is 10.1. The normalized spacial score (nSPS) is 29.4. The molecule has 5 nitrogen and oxygen atoms in total. The first-order valence-electron chi connectivity index (χ1n) is 5.58. The van der Waals surface area contributed by atoms with Crippen molar-refractivity contribution >= 4 is 11.8 Å².